The quantitative estimate of drug-likeness (QED) is 0.712. The fraction of sp³-hybridized carbons (Fsp3) is 0.909. The van der Waals surface area contributed by atoms with E-state index in [-0.39, 0.29) is 11.3 Å². The van der Waals surface area contributed by atoms with Crippen molar-refractivity contribution in [3.05, 3.63) is 0 Å². The Labute approximate surface area is 101 Å². The fourth-order valence-electron chi connectivity index (χ4n) is 2.09. The second-order valence-electron chi connectivity index (χ2n) is 4.37. The van der Waals surface area contributed by atoms with Gasteiger partial charge in [0.25, 0.3) is 0 Å². The lowest BCUT2D eigenvalue weighted by molar-refractivity contribution is -0.133. The molecule has 2 unspecified atom stereocenters. The molecular formula is C11H18ClNOS. The smallest absolute Gasteiger partial charge is 0.241 e. The van der Waals surface area contributed by atoms with Gasteiger partial charge in [-0.3, -0.25) is 4.79 Å². The molecule has 0 radical (unpaired) electrons. The molecule has 4 heteroatoms. The van der Waals surface area contributed by atoms with Crippen LogP contribution in [0.1, 0.15) is 32.6 Å². The van der Waals surface area contributed by atoms with Gasteiger partial charge in [0.2, 0.25) is 5.91 Å². The summed E-state index contributed by atoms with van der Waals surface area (Å²) in [6.45, 7) is 1.98. The van der Waals surface area contributed by atoms with Crippen LogP contribution in [0, 0.1) is 0 Å². The standard InChI is InChI=1S/C11H18ClNOS/c1-2-10(12)11(14)13(8-3-4-8)9-5-6-15-7-9/h8-10H,2-7H2,1H3. The minimum atomic E-state index is -0.309. The highest BCUT2D eigenvalue weighted by atomic mass is 35.5. The van der Waals surface area contributed by atoms with Gasteiger partial charge in [-0.1, -0.05) is 6.92 Å². The summed E-state index contributed by atoms with van der Waals surface area (Å²) in [5.41, 5.74) is 0. The number of carbonyl (C=O) groups is 1. The molecule has 2 rings (SSSR count). The van der Waals surface area contributed by atoms with Gasteiger partial charge in [0.15, 0.2) is 0 Å². The molecule has 15 heavy (non-hydrogen) atoms. The highest BCUT2D eigenvalue weighted by Gasteiger charge is 2.40. The van der Waals surface area contributed by atoms with E-state index in [2.05, 4.69) is 4.90 Å². The number of thioether (sulfide) groups is 1. The van der Waals surface area contributed by atoms with E-state index in [4.69, 9.17) is 11.6 Å². The molecule has 2 nitrogen and oxygen atoms in total. The van der Waals surface area contributed by atoms with Crippen LogP contribution in [0.25, 0.3) is 0 Å². The first-order valence-electron chi connectivity index (χ1n) is 5.78. The van der Waals surface area contributed by atoms with Crippen molar-refractivity contribution in [2.45, 2.75) is 50.1 Å². The predicted octanol–water partition coefficient (Wildman–Crippen LogP) is 2.50. The highest BCUT2D eigenvalue weighted by Crippen LogP contribution is 2.34. The maximum atomic E-state index is 12.1. The molecule has 1 saturated heterocycles. The first kappa shape index (κ1) is 11.6. The Morgan fingerprint density at radius 3 is 2.67 bits per heavy atom. The number of carbonyl (C=O) groups excluding carboxylic acids is 1. The average molecular weight is 248 g/mol. The van der Waals surface area contributed by atoms with Crippen molar-refractivity contribution >= 4 is 29.3 Å². The predicted molar refractivity (Wildman–Crippen MR) is 65.5 cm³/mol. The normalized spacial score (nSPS) is 27.7. The van der Waals surface area contributed by atoms with Crippen LogP contribution in [0.4, 0.5) is 0 Å². The van der Waals surface area contributed by atoms with E-state index in [1.165, 1.54) is 18.6 Å². The molecule has 1 amide bonds. The topological polar surface area (TPSA) is 20.3 Å². The minimum absolute atomic E-state index is 0.175. The van der Waals surface area contributed by atoms with Gasteiger partial charge in [0, 0.05) is 17.8 Å². The molecule has 0 aromatic rings. The number of nitrogens with zero attached hydrogens (tertiary/aromatic N) is 1. The molecule has 1 aliphatic heterocycles. The zero-order chi connectivity index (χ0) is 10.8. The third-order valence-electron chi connectivity index (χ3n) is 3.12. The van der Waals surface area contributed by atoms with E-state index in [1.54, 1.807) is 0 Å². The Bertz CT molecular complexity index is 239. The van der Waals surface area contributed by atoms with E-state index in [0.717, 1.165) is 18.6 Å². The third kappa shape index (κ3) is 2.62. The summed E-state index contributed by atoms with van der Waals surface area (Å²) in [4.78, 5) is 14.2. The van der Waals surface area contributed by atoms with Crippen LogP contribution in [-0.2, 0) is 4.79 Å². The van der Waals surface area contributed by atoms with E-state index in [0.29, 0.717) is 12.1 Å². The van der Waals surface area contributed by atoms with Crippen LogP contribution < -0.4 is 0 Å². The van der Waals surface area contributed by atoms with Crippen molar-refractivity contribution in [3.63, 3.8) is 0 Å². The summed E-state index contributed by atoms with van der Waals surface area (Å²) < 4.78 is 0. The van der Waals surface area contributed by atoms with Gasteiger partial charge >= 0.3 is 0 Å². The van der Waals surface area contributed by atoms with Crippen molar-refractivity contribution in [3.8, 4) is 0 Å². The molecular weight excluding hydrogens is 230 g/mol. The van der Waals surface area contributed by atoms with Gasteiger partial charge in [-0.15, -0.1) is 11.6 Å². The van der Waals surface area contributed by atoms with Gasteiger partial charge in [-0.2, -0.15) is 11.8 Å². The fourth-order valence-corrected chi connectivity index (χ4v) is 3.41. The molecule has 0 N–H and O–H groups in total. The zero-order valence-electron chi connectivity index (χ0n) is 9.12. The van der Waals surface area contributed by atoms with E-state index in [1.807, 2.05) is 18.7 Å². The van der Waals surface area contributed by atoms with Crippen molar-refractivity contribution in [2.75, 3.05) is 11.5 Å². The largest absolute Gasteiger partial charge is 0.335 e. The lowest BCUT2D eigenvalue weighted by Crippen LogP contribution is -2.45. The Balaban J connectivity index is 2.01. The van der Waals surface area contributed by atoms with Gasteiger partial charge in [-0.25, -0.2) is 0 Å². The van der Waals surface area contributed by atoms with Gasteiger partial charge < -0.3 is 4.90 Å². The molecule has 1 heterocycles. The van der Waals surface area contributed by atoms with Gasteiger partial charge in [0.1, 0.15) is 5.38 Å². The SMILES string of the molecule is CCC(Cl)C(=O)N(C1CC1)C1CCSC1. The van der Waals surface area contributed by atoms with Crippen LogP contribution >= 0.6 is 23.4 Å². The van der Waals surface area contributed by atoms with E-state index >= 15 is 0 Å². The first-order valence-corrected chi connectivity index (χ1v) is 7.37. The molecule has 2 atom stereocenters. The van der Waals surface area contributed by atoms with Crippen molar-refractivity contribution in [1.82, 2.24) is 4.90 Å². The van der Waals surface area contributed by atoms with Crippen LogP contribution in [0.2, 0.25) is 0 Å². The van der Waals surface area contributed by atoms with Crippen molar-refractivity contribution < 1.29 is 4.79 Å². The number of hydrogen-bond donors (Lipinski definition) is 0. The van der Waals surface area contributed by atoms with Crippen molar-refractivity contribution in [1.29, 1.82) is 0 Å². The Hall–Kier alpha value is 0.110. The summed E-state index contributed by atoms with van der Waals surface area (Å²) in [6, 6.07) is 0.969. The molecule has 1 saturated carbocycles. The Kier molecular flexibility index (Phi) is 3.83. The second-order valence-corrected chi connectivity index (χ2v) is 6.05. The maximum absolute atomic E-state index is 12.1. The molecule has 0 aromatic carbocycles. The van der Waals surface area contributed by atoms with Crippen LogP contribution in [0.15, 0.2) is 0 Å². The van der Waals surface area contributed by atoms with Gasteiger partial charge in [-0.05, 0) is 31.4 Å². The molecule has 1 aliphatic carbocycles. The monoisotopic (exact) mass is 247 g/mol. The Morgan fingerprint density at radius 2 is 2.20 bits per heavy atom. The summed E-state index contributed by atoms with van der Waals surface area (Å²) in [6.07, 6.45) is 4.25. The second kappa shape index (κ2) is 4.96. The molecule has 2 fully saturated rings. The van der Waals surface area contributed by atoms with Crippen LogP contribution in [0.3, 0.4) is 0 Å². The van der Waals surface area contributed by atoms with Crippen LogP contribution in [-0.4, -0.2) is 39.8 Å². The van der Waals surface area contributed by atoms with Crippen LogP contribution in [0.5, 0.6) is 0 Å². The summed E-state index contributed by atoms with van der Waals surface area (Å²) in [7, 11) is 0. The summed E-state index contributed by atoms with van der Waals surface area (Å²) >= 11 is 8.02. The molecule has 0 spiro atoms. The molecule has 2 aliphatic rings. The number of amides is 1. The number of halogens is 1. The molecule has 86 valence electrons. The number of alkyl halides is 1. The van der Waals surface area contributed by atoms with Gasteiger partial charge in [0.05, 0.1) is 0 Å². The molecule has 0 bridgehead atoms. The molecule has 0 aromatic heterocycles. The minimum Gasteiger partial charge on any atom is -0.335 e. The average Bonchev–Trinajstić information content (AvgIpc) is 2.92. The lowest BCUT2D eigenvalue weighted by Gasteiger charge is -2.30. The number of hydrogen-bond acceptors (Lipinski definition) is 2. The third-order valence-corrected chi connectivity index (χ3v) is 4.76. The lowest BCUT2D eigenvalue weighted by atomic mass is 10.2. The highest BCUT2D eigenvalue weighted by molar-refractivity contribution is 7.99. The van der Waals surface area contributed by atoms with E-state index in [9.17, 15) is 4.79 Å². The Morgan fingerprint density at radius 1 is 1.47 bits per heavy atom. The van der Waals surface area contributed by atoms with Crippen molar-refractivity contribution in [2.24, 2.45) is 0 Å². The summed E-state index contributed by atoms with van der Waals surface area (Å²) in [5.74, 6) is 2.48. The van der Waals surface area contributed by atoms with E-state index < -0.39 is 0 Å². The number of rotatable bonds is 4. The first-order chi connectivity index (χ1) is 7.24. The summed E-state index contributed by atoms with van der Waals surface area (Å²) in [5, 5.41) is -0.309. The zero-order valence-corrected chi connectivity index (χ0v) is 10.7. The maximum Gasteiger partial charge on any atom is 0.241 e.